The van der Waals surface area contributed by atoms with Crippen molar-refractivity contribution >= 4 is 39.4 Å². The molecule has 1 saturated heterocycles. The number of carbonyl (C=O) groups is 1. The summed E-state index contributed by atoms with van der Waals surface area (Å²) in [6.45, 7) is 0.270. The number of rotatable bonds is 9. The molecule has 0 aliphatic carbocycles. The SMILES string of the molecule is O=C(O)c1ccc2c(=O)n(Cc3c(F)cc(-c4cccc(OCc5ccc(Cl)c6cc(F)oc56)n4)cc3F)n(CC3CCO3)c2c1. The van der Waals surface area contributed by atoms with Crippen molar-refractivity contribution in [2.24, 2.45) is 0 Å². The predicted molar refractivity (Wildman–Crippen MR) is 162 cm³/mol. The first-order chi connectivity index (χ1) is 22.2. The molecular weight excluding hydrogens is 627 g/mol. The number of benzene rings is 3. The number of aromatic nitrogens is 3. The number of carboxylic acids is 1. The molecule has 1 aliphatic heterocycles. The Kier molecular flexibility index (Phi) is 7.53. The van der Waals surface area contributed by atoms with Crippen LogP contribution < -0.4 is 10.3 Å². The van der Waals surface area contributed by atoms with Crippen LogP contribution in [0.5, 0.6) is 5.88 Å². The summed E-state index contributed by atoms with van der Waals surface area (Å²) in [5.41, 5.74) is 0.549. The van der Waals surface area contributed by atoms with E-state index >= 15 is 8.78 Å². The van der Waals surface area contributed by atoms with Crippen LogP contribution >= 0.6 is 11.6 Å². The first kappa shape index (κ1) is 29.6. The van der Waals surface area contributed by atoms with Gasteiger partial charge in [0.2, 0.25) is 5.88 Å². The molecule has 6 aromatic rings. The Balaban J connectivity index is 1.17. The van der Waals surface area contributed by atoms with Crippen LogP contribution in [-0.4, -0.2) is 38.1 Å². The second kappa shape index (κ2) is 11.7. The van der Waals surface area contributed by atoms with Gasteiger partial charge in [-0.1, -0.05) is 23.7 Å². The second-order valence-electron chi connectivity index (χ2n) is 10.8. The van der Waals surface area contributed by atoms with Crippen molar-refractivity contribution in [1.29, 1.82) is 0 Å². The highest BCUT2D eigenvalue weighted by molar-refractivity contribution is 6.35. The molecule has 0 saturated carbocycles. The van der Waals surface area contributed by atoms with Crippen LogP contribution in [0.1, 0.15) is 27.9 Å². The predicted octanol–water partition coefficient (Wildman–Crippen LogP) is 6.80. The zero-order chi connectivity index (χ0) is 32.1. The Morgan fingerprint density at radius 3 is 2.52 bits per heavy atom. The molecule has 9 nitrogen and oxygen atoms in total. The summed E-state index contributed by atoms with van der Waals surface area (Å²) < 4.78 is 64.0. The molecule has 1 aliphatic rings. The van der Waals surface area contributed by atoms with E-state index in [4.69, 9.17) is 25.5 Å². The number of nitrogens with zero attached hydrogens (tertiary/aromatic N) is 3. The number of aromatic carboxylic acids is 1. The van der Waals surface area contributed by atoms with Crippen LogP contribution in [0.2, 0.25) is 5.02 Å². The van der Waals surface area contributed by atoms with Gasteiger partial charge in [-0.25, -0.2) is 23.2 Å². The third kappa shape index (κ3) is 5.39. The number of hydrogen-bond donors (Lipinski definition) is 1. The minimum atomic E-state index is -1.17. The fourth-order valence-corrected chi connectivity index (χ4v) is 5.71. The van der Waals surface area contributed by atoms with E-state index in [0.29, 0.717) is 28.1 Å². The molecule has 0 bridgehead atoms. The topological polar surface area (TPSA) is 109 Å². The van der Waals surface area contributed by atoms with Gasteiger partial charge in [0, 0.05) is 40.8 Å². The lowest BCUT2D eigenvalue weighted by molar-refractivity contribution is -0.0618. The van der Waals surface area contributed by atoms with Crippen molar-refractivity contribution in [3.8, 4) is 17.1 Å². The van der Waals surface area contributed by atoms with Gasteiger partial charge in [-0.05, 0) is 48.9 Å². The maximum Gasteiger partial charge on any atom is 0.335 e. The van der Waals surface area contributed by atoms with Crippen molar-refractivity contribution in [2.75, 3.05) is 6.61 Å². The van der Waals surface area contributed by atoms with Gasteiger partial charge >= 0.3 is 5.97 Å². The molecule has 0 spiro atoms. The lowest BCUT2D eigenvalue weighted by Crippen LogP contribution is -2.35. The monoisotopic (exact) mass is 649 g/mol. The number of carboxylic acid groups (broad SMARTS) is 1. The Morgan fingerprint density at radius 2 is 1.80 bits per heavy atom. The zero-order valence-corrected chi connectivity index (χ0v) is 24.6. The molecular formula is C33H23ClF3N3O6. The van der Waals surface area contributed by atoms with Crippen molar-refractivity contribution < 1.29 is 37.0 Å². The van der Waals surface area contributed by atoms with E-state index in [0.717, 1.165) is 18.6 Å². The summed E-state index contributed by atoms with van der Waals surface area (Å²) in [7, 11) is 0. The molecule has 1 unspecified atom stereocenters. The van der Waals surface area contributed by atoms with E-state index in [-0.39, 0.29) is 58.5 Å². The van der Waals surface area contributed by atoms with Crippen molar-refractivity contribution in [3.63, 3.8) is 0 Å². The number of fused-ring (bicyclic) bond motifs is 2. The highest BCUT2D eigenvalue weighted by Crippen LogP contribution is 2.31. The summed E-state index contributed by atoms with van der Waals surface area (Å²) in [6, 6.07) is 14.7. The fourth-order valence-electron chi connectivity index (χ4n) is 5.50. The largest absolute Gasteiger partial charge is 0.478 e. The Hall–Kier alpha value is -5.07. The Bertz CT molecular complexity index is 2200. The van der Waals surface area contributed by atoms with Crippen LogP contribution in [0, 0.1) is 17.6 Å². The normalized spacial score (nSPS) is 14.6. The molecule has 1 N–H and O–H groups in total. The van der Waals surface area contributed by atoms with Gasteiger partial charge in [-0.2, -0.15) is 4.39 Å². The van der Waals surface area contributed by atoms with E-state index in [1.165, 1.54) is 33.6 Å². The molecule has 0 radical (unpaired) electrons. The van der Waals surface area contributed by atoms with Crippen molar-refractivity contribution in [1.82, 2.24) is 14.3 Å². The van der Waals surface area contributed by atoms with Gasteiger partial charge in [0.1, 0.15) is 23.8 Å². The summed E-state index contributed by atoms with van der Waals surface area (Å²) in [5.74, 6) is -2.82. The van der Waals surface area contributed by atoms with Gasteiger partial charge in [-0.3, -0.25) is 9.48 Å². The van der Waals surface area contributed by atoms with Gasteiger partial charge in [-0.15, -0.1) is 0 Å². The third-order valence-corrected chi connectivity index (χ3v) is 8.30. The maximum atomic E-state index is 15.6. The van der Waals surface area contributed by atoms with Gasteiger partial charge in [0.15, 0.2) is 0 Å². The summed E-state index contributed by atoms with van der Waals surface area (Å²) in [4.78, 5) is 29.4. The van der Waals surface area contributed by atoms with Crippen LogP contribution in [-0.2, 0) is 24.4 Å². The highest BCUT2D eigenvalue weighted by atomic mass is 35.5. The maximum absolute atomic E-state index is 15.6. The second-order valence-corrected chi connectivity index (χ2v) is 11.2. The summed E-state index contributed by atoms with van der Waals surface area (Å²) in [5, 5.41) is 10.4. The number of furan rings is 1. The molecule has 13 heteroatoms. The standard InChI is InChI=1S/C33H23ClF3N3O6/c34-24-7-5-18(31-22(24)13-29(37)46-31)16-45-30-3-1-2-27(38-30)19-10-25(35)23(26(36)11-19)15-40-32(41)21-6-4-17(33(42)43)12-28(21)39(40)14-20-8-9-44-20/h1-7,10-13,20H,8-9,14-16H2,(H,42,43). The van der Waals surface area contributed by atoms with Crippen LogP contribution in [0.15, 0.2) is 75.9 Å². The van der Waals surface area contributed by atoms with E-state index < -0.39 is 35.7 Å². The zero-order valence-electron chi connectivity index (χ0n) is 23.8. The first-order valence-electron chi connectivity index (χ1n) is 14.2. The van der Waals surface area contributed by atoms with Crippen LogP contribution in [0.4, 0.5) is 13.2 Å². The number of ether oxygens (including phenoxy) is 2. The lowest BCUT2D eigenvalue weighted by Gasteiger charge is -2.28. The molecule has 0 amide bonds. The Labute approximate surface area is 262 Å². The van der Waals surface area contributed by atoms with E-state index in [1.54, 1.807) is 30.3 Å². The smallest absolute Gasteiger partial charge is 0.335 e. The van der Waals surface area contributed by atoms with E-state index in [2.05, 4.69) is 4.98 Å². The molecule has 7 rings (SSSR count). The van der Waals surface area contributed by atoms with Crippen LogP contribution in [0.3, 0.4) is 0 Å². The number of halogens is 4. The quantitative estimate of drug-likeness (QED) is 0.184. The minimum absolute atomic E-state index is 0.0235. The van der Waals surface area contributed by atoms with Gasteiger partial charge in [0.05, 0.1) is 46.4 Å². The van der Waals surface area contributed by atoms with E-state index in [9.17, 15) is 19.1 Å². The van der Waals surface area contributed by atoms with Gasteiger partial charge in [0.25, 0.3) is 11.6 Å². The van der Waals surface area contributed by atoms with Crippen molar-refractivity contribution in [2.45, 2.75) is 32.2 Å². The first-order valence-corrected chi connectivity index (χ1v) is 14.6. The summed E-state index contributed by atoms with van der Waals surface area (Å²) >= 11 is 6.12. The van der Waals surface area contributed by atoms with E-state index in [1.807, 2.05) is 0 Å². The summed E-state index contributed by atoms with van der Waals surface area (Å²) in [6.07, 6.45) is 0.504. The molecule has 4 heterocycles. The number of hydrogen-bond acceptors (Lipinski definition) is 6. The highest BCUT2D eigenvalue weighted by Gasteiger charge is 2.25. The van der Waals surface area contributed by atoms with Gasteiger partial charge < -0.3 is 19.0 Å². The number of pyridine rings is 1. The third-order valence-electron chi connectivity index (χ3n) is 7.97. The molecule has 1 fully saturated rings. The molecule has 3 aromatic carbocycles. The average Bonchev–Trinajstić information content (AvgIpc) is 3.53. The lowest BCUT2D eigenvalue weighted by atomic mass is 10.1. The molecule has 234 valence electrons. The Morgan fingerprint density at radius 1 is 1.02 bits per heavy atom. The fraction of sp³-hybridized carbons (Fsp3) is 0.182. The molecule has 1 atom stereocenters. The molecule has 46 heavy (non-hydrogen) atoms. The van der Waals surface area contributed by atoms with Crippen LogP contribution in [0.25, 0.3) is 33.1 Å². The van der Waals surface area contributed by atoms with Crippen molar-refractivity contribution in [3.05, 3.63) is 116 Å². The minimum Gasteiger partial charge on any atom is -0.478 e. The molecule has 3 aromatic heterocycles. The average molecular weight is 650 g/mol.